The predicted molar refractivity (Wildman–Crippen MR) is 141 cm³/mol. The highest BCUT2D eigenvalue weighted by Crippen LogP contribution is 2.41. The molecular formula is C29H34N4O6. The fraction of sp³-hybridized carbons (Fsp3) is 0.483. The summed E-state index contributed by atoms with van der Waals surface area (Å²) >= 11 is 0. The molecule has 10 nitrogen and oxygen atoms in total. The molecule has 0 spiro atoms. The molecule has 3 amide bonds. The van der Waals surface area contributed by atoms with E-state index in [0.717, 1.165) is 25.7 Å². The van der Waals surface area contributed by atoms with E-state index in [1.807, 2.05) is 6.07 Å². The molecule has 39 heavy (non-hydrogen) atoms. The van der Waals surface area contributed by atoms with Gasteiger partial charge in [-0.2, -0.15) is 0 Å². The van der Waals surface area contributed by atoms with Crippen LogP contribution in [0.1, 0.15) is 64.9 Å². The third-order valence-electron chi connectivity index (χ3n) is 8.43. The topological polar surface area (TPSA) is 149 Å². The maximum atomic E-state index is 13.7. The molecule has 1 aromatic heterocycles. The largest absolute Gasteiger partial charge is 0.389 e. The number of likely N-dealkylation sites (tertiary alicyclic amines) is 1. The minimum atomic E-state index is -1.02. The number of H-pyrrole nitrogens is 1. The van der Waals surface area contributed by atoms with Crippen molar-refractivity contribution < 1.29 is 29.1 Å². The Hall–Kier alpha value is -3.79. The van der Waals surface area contributed by atoms with Crippen molar-refractivity contribution in [3.8, 4) is 0 Å². The van der Waals surface area contributed by atoms with Crippen molar-refractivity contribution in [2.24, 2.45) is 17.8 Å². The molecule has 0 bridgehead atoms. The summed E-state index contributed by atoms with van der Waals surface area (Å²) in [5.74, 6) is -2.09. The van der Waals surface area contributed by atoms with Gasteiger partial charge in [0.2, 0.25) is 11.8 Å². The second-order valence-corrected chi connectivity index (χ2v) is 10.8. The minimum Gasteiger partial charge on any atom is -0.389 e. The average Bonchev–Trinajstić information content (AvgIpc) is 3.70. The molecule has 3 aliphatic rings. The summed E-state index contributed by atoms with van der Waals surface area (Å²) < 4.78 is 0. The van der Waals surface area contributed by atoms with Gasteiger partial charge < -0.3 is 25.6 Å². The first-order valence-electron chi connectivity index (χ1n) is 13.7. The molecule has 4 N–H and O–H groups in total. The van der Waals surface area contributed by atoms with Crippen LogP contribution in [0.5, 0.6) is 0 Å². The van der Waals surface area contributed by atoms with E-state index < -0.39 is 36.3 Å². The fourth-order valence-corrected chi connectivity index (χ4v) is 6.37. The number of nitrogens with one attached hydrogen (secondary N) is 3. The maximum absolute atomic E-state index is 13.7. The average molecular weight is 535 g/mol. The monoisotopic (exact) mass is 534 g/mol. The number of aliphatic hydroxyl groups excluding tert-OH is 1. The van der Waals surface area contributed by atoms with E-state index in [1.165, 1.54) is 12.3 Å². The van der Waals surface area contributed by atoms with E-state index in [1.54, 1.807) is 29.2 Å². The highest BCUT2D eigenvalue weighted by molar-refractivity contribution is 6.10. The lowest BCUT2D eigenvalue weighted by Gasteiger charge is -2.31. The summed E-state index contributed by atoms with van der Waals surface area (Å²) in [7, 11) is 0. The number of hydrogen-bond donors (Lipinski definition) is 4. The van der Waals surface area contributed by atoms with Crippen LogP contribution in [0.4, 0.5) is 0 Å². The van der Waals surface area contributed by atoms with Crippen molar-refractivity contribution in [3.63, 3.8) is 0 Å². The van der Waals surface area contributed by atoms with Crippen LogP contribution in [0.3, 0.4) is 0 Å². The molecule has 1 aliphatic carbocycles. The molecule has 2 aromatic rings. The van der Waals surface area contributed by atoms with Crippen LogP contribution < -0.4 is 10.6 Å². The SMILES string of the molecule is O=C(c1ccccc1)c1c[nH]c(C(=O)N2C[C@@H]3CCCC[C@@H]3[C@H]2C(=O)N[C@@H](C[C@@H]2CCNC2=O)C(=O)CO)c1. The normalized spacial score (nSPS) is 25.1. The van der Waals surface area contributed by atoms with Crippen LogP contribution in [0.15, 0.2) is 42.6 Å². The highest BCUT2D eigenvalue weighted by Gasteiger charge is 2.49. The van der Waals surface area contributed by atoms with Gasteiger partial charge in [-0.15, -0.1) is 0 Å². The van der Waals surface area contributed by atoms with Gasteiger partial charge in [-0.25, -0.2) is 0 Å². The van der Waals surface area contributed by atoms with Crippen molar-refractivity contribution >= 4 is 29.3 Å². The van der Waals surface area contributed by atoms with Gasteiger partial charge in [0.25, 0.3) is 5.91 Å². The second-order valence-electron chi connectivity index (χ2n) is 10.8. The second kappa shape index (κ2) is 11.5. The van der Waals surface area contributed by atoms with Crippen LogP contribution in [-0.2, 0) is 14.4 Å². The molecule has 10 heteroatoms. The first-order chi connectivity index (χ1) is 18.9. The summed E-state index contributed by atoms with van der Waals surface area (Å²) in [4.78, 5) is 69.4. The Labute approximate surface area is 226 Å². The number of nitrogens with zero attached hydrogens (tertiary/aromatic N) is 1. The van der Waals surface area contributed by atoms with Gasteiger partial charge >= 0.3 is 0 Å². The lowest BCUT2D eigenvalue weighted by atomic mass is 9.78. The smallest absolute Gasteiger partial charge is 0.270 e. The van der Waals surface area contributed by atoms with Gasteiger partial charge in [0, 0.05) is 36.3 Å². The quantitative estimate of drug-likeness (QED) is 0.358. The molecule has 3 fully saturated rings. The van der Waals surface area contributed by atoms with E-state index in [0.29, 0.717) is 30.6 Å². The number of Topliss-reactive ketones (excluding diaryl/α,β-unsaturated/α-hetero) is 1. The first kappa shape index (κ1) is 26.8. The Morgan fingerprint density at radius 3 is 2.54 bits per heavy atom. The van der Waals surface area contributed by atoms with E-state index >= 15 is 0 Å². The van der Waals surface area contributed by atoms with Crippen molar-refractivity contribution in [2.45, 2.75) is 50.6 Å². The maximum Gasteiger partial charge on any atom is 0.270 e. The van der Waals surface area contributed by atoms with Crippen molar-refractivity contribution in [1.82, 2.24) is 20.5 Å². The van der Waals surface area contributed by atoms with E-state index in [9.17, 15) is 29.1 Å². The molecule has 3 heterocycles. The number of amides is 3. The molecule has 0 radical (unpaired) electrons. The number of carbonyl (C=O) groups is 5. The number of rotatable bonds is 9. The van der Waals surface area contributed by atoms with E-state index in [-0.39, 0.29) is 41.5 Å². The Balaban J connectivity index is 1.36. The zero-order chi connectivity index (χ0) is 27.5. The van der Waals surface area contributed by atoms with Gasteiger partial charge in [-0.1, -0.05) is 43.2 Å². The molecule has 0 unspecified atom stereocenters. The zero-order valence-corrected chi connectivity index (χ0v) is 21.7. The number of carbonyl (C=O) groups excluding carboxylic acids is 5. The first-order valence-corrected chi connectivity index (χ1v) is 13.7. The van der Waals surface area contributed by atoms with Crippen LogP contribution in [0, 0.1) is 17.8 Å². The summed E-state index contributed by atoms with van der Waals surface area (Å²) in [6.45, 7) is 0.169. The van der Waals surface area contributed by atoms with Crippen LogP contribution in [0.2, 0.25) is 0 Å². The lowest BCUT2D eigenvalue weighted by molar-refractivity contribution is -0.133. The summed E-state index contributed by atoms with van der Waals surface area (Å²) in [5, 5.41) is 15.0. The third-order valence-corrected chi connectivity index (χ3v) is 8.43. The van der Waals surface area contributed by atoms with Crippen molar-refractivity contribution in [1.29, 1.82) is 0 Å². The van der Waals surface area contributed by atoms with Crippen LogP contribution >= 0.6 is 0 Å². The summed E-state index contributed by atoms with van der Waals surface area (Å²) in [6, 6.07) is 8.50. The number of aromatic nitrogens is 1. The van der Waals surface area contributed by atoms with E-state index in [2.05, 4.69) is 15.6 Å². The summed E-state index contributed by atoms with van der Waals surface area (Å²) in [5.41, 5.74) is 1.08. The highest BCUT2D eigenvalue weighted by atomic mass is 16.3. The molecule has 2 saturated heterocycles. The fourth-order valence-electron chi connectivity index (χ4n) is 6.37. The number of hydrogen-bond acceptors (Lipinski definition) is 6. The Morgan fingerprint density at radius 2 is 1.82 bits per heavy atom. The van der Waals surface area contributed by atoms with Gasteiger partial charge in [0.15, 0.2) is 11.6 Å². The number of ketones is 2. The number of benzene rings is 1. The molecule has 206 valence electrons. The molecular weight excluding hydrogens is 500 g/mol. The number of fused-ring (bicyclic) bond motifs is 1. The minimum absolute atomic E-state index is 0.0530. The van der Waals surface area contributed by atoms with Gasteiger partial charge in [-0.05, 0) is 43.6 Å². The van der Waals surface area contributed by atoms with Gasteiger partial charge in [0.05, 0.1) is 6.04 Å². The van der Waals surface area contributed by atoms with Crippen LogP contribution in [0.25, 0.3) is 0 Å². The zero-order valence-electron chi connectivity index (χ0n) is 21.7. The molecule has 1 saturated carbocycles. The number of aliphatic hydroxyl groups is 1. The van der Waals surface area contributed by atoms with Gasteiger partial charge in [0.1, 0.15) is 18.3 Å². The van der Waals surface area contributed by atoms with Crippen LogP contribution in [-0.4, -0.2) is 76.1 Å². The third kappa shape index (κ3) is 5.52. The Bertz CT molecular complexity index is 1260. The van der Waals surface area contributed by atoms with E-state index in [4.69, 9.17) is 0 Å². The Morgan fingerprint density at radius 1 is 1.05 bits per heavy atom. The predicted octanol–water partition coefficient (Wildman–Crippen LogP) is 1.45. The lowest BCUT2D eigenvalue weighted by Crippen LogP contribution is -2.54. The molecule has 2 aliphatic heterocycles. The van der Waals surface area contributed by atoms with Crippen molar-refractivity contribution in [2.75, 3.05) is 19.7 Å². The summed E-state index contributed by atoms with van der Waals surface area (Å²) in [6.07, 6.45) is 5.83. The molecule has 5 atom stereocenters. The standard InChI is InChI=1S/C29H34N4O6/c34-16-24(35)22(12-18-10-11-30-27(18)37)32-28(38)25-21-9-5-4-8-19(21)15-33(25)29(39)23-13-20(14-31-23)26(36)17-6-2-1-3-7-17/h1-3,6-7,13-14,18-19,21-22,25,31,34H,4-5,8-12,15-16H2,(H,30,37)(H,32,38)/t18-,19-,21-,22-,25-/m0/s1. The molecule has 5 rings (SSSR count). The molecule has 1 aromatic carbocycles. The number of aromatic amines is 1. The van der Waals surface area contributed by atoms with Gasteiger partial charge in [-0.3, -0.25) is 24.0 Å². The van der Waals surface area contributed by atoms with Crippen molar-refractivity contribution in [3.05, 3.63) is 59.4 Å². The Kier molecular flexibility index (Phi) is 7.92.